The zero-order valence-corrected chi connectivity index (χ0v) is 11.7. The van der Waals surface area contributed by atoms with E-state index in [-0.39, 0.29) is 0 Å². The number of fused-ring (bicyclic) bond motifs is 1. The molecule has 0 amide bonds. The first-order valence-corrected chi connectivity index (χ1v) is 7.01. The number of rotatable bonds is 3. The van der Waals surface area contributed by atoms with Gasteiger partial charge in [0.1, 0.15) is 5.52 Å². The Bertz CT molecular complexity index is 865. The van der Waals surface area contributed by atoms with Crippen LogP contribution in [-0.2, 0) is 0 Å². The summed E-state index contributed by atoms with van der Waals surface area (Å²) in [7, 11) is 0. The highest BCUT2D eigenvalue weighted by Gasteiger charge is 2.07. The number of nitrogens with one attached hydrogen (secondary N) is 1. The number of nitrogens with zero attached hydrogens (tertiary/aromatic N) is 2. The summed E-state index contributed by atoms with van der Waals surface area (Å²) in [6, 6.07) is 19.6. The van der Waals surface area contributed by atoms with Gasteiger partial charge >= 0.3 is 0 Å². The molecule has 4 heteroatoms. The molecule has 0 aliphatic rings. The molecule has 0 saturated carbocycles. The lowest BCUT2D eigenvalue weighted by Crippen LogP contribution is -1.90. The summed E-state index contributed by atoms with van der Waals surface area (Å²) in [6.07, 6.45) is 3.54. The summed E-state index contributed by atoms with van der Waals surface area (Å²) in [6.45, 7) is 0. The van der Waals surface area contributed by atoms with Gasteiger partial charge in [0, 0.05) is 17.4 Å². The van der Waals surface area contributed by atoms with Crippen molar-refractivity contribution >= 4 is 22.5 Å². The number of pyridine rings is 1. The Labute approximate surface area is 127 Å². The maximum atomic E-state index is 5.77. The Balaban J connectivity index is 1.61. The molecule has 2 heterocycles. The van der Waals surface area contributed by atoms with Crippen molar-refractivity contribution in [1.29, 1.82) is 0 Å². The first-order valence-electron chi connectivity index (χ1n) is 7.01. The summed E-state index contributed by atoms with van der Waals surface area (Å²) < 4.78 is 5.77. The van der Waals surface area contributed by atoms with E-state index in [4.69, 9.17) is 4.42 Å². The third-order valence-corrected chi connectivity index (χ3v) is 3.38. The summed E-state index contributed by atoms with van der Waals surface area (Å²) in [5.74, 6) is 0.633. The van der Waals surface area contributed by atoms with E-state index >= 15 is 0 Å². The maximum absolute atomic E-state index is 5.77. The SMILES string of the molecule is c1cncc(Nc2ccc(-c3nc4ccccc4o3)cc2)c1. The highest BCUT2D eigenvalue weighted by atomic mass is 16.3. The number of hydrogen-bond acceptors (Lipinski definition) is 4. The van der Waals surface area contributed by atoms with Gasteiger partial charge in [-0.05, 0) is 48.5 Å². The number of benzene rings is 2. The second kappa shape index (κ2) is 5.33. The monoisotopic (exact) mass is 287 g/mol. The molecule has 0 aliphatic carbocycles. The van der Waals surface area contributed by atoms with Gasteiger partial charge in [-0.15, -0.1) is 0 Å². The van der Waals surface area contributed by atoms with Gasteiger partial charge in [0.15, 0.2) is 5.58 Å². The predicted molar refractivity (Wildman–Crippen MR) is 87.0 cm³/mol. The summed E-state index contributed by atoms with van der Waals surface area (Å²) in [5, 5.41) is 3.30. The molecule has 4 aromatic rings. The molecule has 0 radical (unpaired) electrons. The maximum Gasteiger partial charge on any atom is 0.227 e. The number of anilines is 2. The Morgan fingerprint density at radius 3 is 2.45 bits per heavy atom. The predicted octanol–water partition coefficient (Wildman–Crippen LogP) is 4.63. The van der Waals surface area contributed by atoms with Crippen LogP contribution >= 0.6 is 0 Å². The van der Waals surface area contributed by atoms with Gasteiger partial charge in [-0.2, -0.15) is 0 Å². The Kier molecular flexibility index (Phi) is 3.05. The minimum absolute atomic E-state index is 0.633. The normalized spacial score (nSPS) is 10.7. The second-order valence-corrected chi connectivity index (χ2v) is 4.93. The molecule has 0 atom stereocenters. The van der Waals surface area contributed by atoms with Crippen molar-refractivity contribution in [2.24, 2.45) is 0 Å². The fraction of sp³-hybridized carbons (Fsp3) is 0. The number of oxazole rings is 1. The Morgan fingerprint density at radius 2 is 1.68 bits per heavy atom. The van der Waals surface area contributed by atoms with Crippen molar-refractivity contribution in [3.05, 3.63) is 73.1 Å². The molecular weight excluding hydrogens is 274 g/mol. The zero-order valence-electron chi connectivity index (χ0n) is 11.7. The molecule has 0 unspecified atom stereocenters. The summed E-state index contributed by atoms with van der Waals surface area (Å²) >= 11 is 0. The molecule has 4 rings (SSSR count). The lowest BCUT2D eigenvalue weighted by Gasteiger charge is -2.05. The van der Waals surface area contributed by atoms with E-state index < -0.39 is 0 Å². The van der Waals surface area contributed by atoms with Gasteiger partial charge in [-0.25, -0.2) is 4.98 Å². The lowest BCUT2D eigenvalue weighted by molar-refractivity contribution is 0.620. The smallest absolute Gasteiger partial charge is 0.227 e. The van der Waals surface area contributed by atoms with Crippen LogP contribution in [-0.4, -0.2) is 9.97 Å². The van der Waals surface area contributed by atoms with Crippen molar-refractivity contribution in [3.8, 4) is 11.5 Å². The number of para-hydroxylation sites is 2. The minimum Gasteiger partial charge on any atom is -0.436 e. The minimum atomic E-state index is 0.633. The molecule has 2 aromatic heterocycles. The Morgan fingerprint density at radius 1 is 0.818 bits per heavy atom. The van der Waals surface area contributed by atoms with E-state index in [1.54, 1.807) is 12.4 Å². The van der Waals surface area contributed by atoms with Crippen LogP contribution in [0.2, 0.25) is 0 Å². The molecule has 106 valence electrons. The highest BCUT2D eigenvalue weighted by Crippen LogP contribution is 2.25. The van der Waals surface area contributed by atoms with Crippen LogP contribution in [0.15, 0.2) is 77.5 Å². The third-order valence-electron chi connectivity index (χ3n) is 3.38. The first-order chi connectivity index (χ1) is 10.9. The average molecular weight is 287 g/mol. The van der Waals surface area contributed by atoms with Gasteiger partial charge in [0.05, 0.1) is 11.9 Å². The molecule has 22 heavy (non-hydrogen) atoms. The van der Waals surface area contributed by atoms with Gasteiger partial charge in [0.25, 0.3) is 0 Å². The van der Waals surface area contributed by atoms with Crippen molar-refractivity contribution in [2.75, 3.05) is 5.32 Å². The van der Waals surface area contributed by atoms with Crippen LogP contribution in [0.3, 0.4) is 0 Å². The van der Waals surface area contributed by atoms with Crippen LogP contribution < -0.4 is 5.32 Å². The molecular formula is C18H13N3O. The van der Waals surface area contributed by atoms with E-state index in [2.05, 4.69) is 15.3 Å². The molecule has 0 fully saturated rings. The zero-order chi connectivity index (χ0) is 14.8. The Hall–Kier alpha value is -3.14. The van der Waals surface area contributed by atoms with Crippen LogP contribution in [0.4, 0.5) is 11.4 Å². The van der Waals surface area contributed by atoms with Crippen molar-refractivity contribution in [1.82, 2.24) is 9.97 Å². The highest BCUT2D eigenvalue weighted by molar-refractivity contribution is 5.76. The topological polar surface area (TPSA) is 51.0 Å². The van der Waals surface area contributed by atoms with Gasteiger partial charge < -0.3 is 9.73 Å². The molecule has 0 bridgehead atoms. The van der Waals surface area contributed by atoms with Crippen LogP contribution in [0, 0.1) is 0 Å². The average Bonchev–Trinajstić information content (AvgIpc) is 3.00. The van der Waals surface area contributed by atoms with E-state index in [0.29, 0.717) is 5.89 Å². The molecule has 0 aliphatic heterocycles. The van der Waals surface area contributed by atoms with Gasteiger partial charge in [-0.1, -0.05) is 12.1 Å². The number of aromatic nitrogens is 2. The molecule has 0 saturated heterocycles. The fourth-order valence-electron chi connectivity index (χ4n) is 2.30. The van der Waals surface area contributed by atoms with Gasteiger partial charge in [0.2, 0.25) is 5.89 Å². The molecule has 4 nitrogen and oxygen atoms in total. The van der Waals surface area contributed by atoms with E-state index in [1.165, 1.54) is 0 Å². The van der Waals surface area contributed by atoms with E-state index in [0.717, 1.165) is 28.0 Å². The van der Waals surface area contributed by atoms with Crippen LogP contribution in [0.5, 0.6) is 0 Å². The summed E-state index contributed by atoms with van der Waals surface area (Å²) in [5.41, 5.74) is 4.57. The van der Waals surface area contributed by atoms with Crippen LogP contribution in [0.25, 0.3) is 22.6 Å². The summed E-state index contributed by atoms with van der Waals surface area (Å²) in [4.78, 5) is 8.58. The van der Waals surface area contributed by atoms with Crippen LogP contribution in [0.1, 0.15) is 0 Å². The fourth-order valence-corrected chi connectivity index (χ4v) is 2.30. The molecule has 1 N–H and O–H groups in total. The van der Waals surface area contributed by atoms with E-state index in [9.17, 15) is 0 Å². The third kappa shape index (κ3) is 2.42. The van der Waals surface area contributed by atoms with Crippen molar-refractivity contribution in [2.45, 2.75) is 0 Å². The lowest BCUT2D eigenvalue weighted by atomic mass is 10.2. The molecule has 0 spiro atoms. The van der Waals surface area contributed by atoms with Gasteiger partial charge in [-0.3, -0.25) is 4.98 Å². The van der Waals surface area contributed by atoms with E-state index in [1.807, 2.05) is 60.7 Å². The van der Waals surface area contributed by atoms with Crippen molar-refractivity contribution in [3.63, 3.8) is 0 Å². The standard InChI is InChI=1S/C18H13N3O/c1-2-6-17-16(5-1)21-18(22-17)13-7-9-14(10-8-13)20-15-4-3-11-19-12-15/h1-12,20H. The quantitative estimate of drug-likeness (QED) is 0.596. The number of hydrogen-bond donors (Lipinski definition) is 1. The first kappa shape index (κ1) is 12.6. The molecule has 2 aromatic carbocycles. The second-order valence-electron chi connectivity index (χ2n) is 4.93. The largest absolute Gasteiger partial charge is 0.436 e. The van der Waals surface area contributed by atoms with Crippen molar-refractivity contribution < 1.29 is 4.42 Å².